The summed E-state index contributed by atoms with van der Waals surface area (Å²) >= 11 is 6.00. The maximum absolute atomic E-state index is 16.6. The molecule has 2 bridgehead atoms. The van der Waals surface area contributed by atoms with Crippen LogP contribution in [0.5, 0.6) is 0 Å². The second kappa shape index (κ2) is 12.6. The monoisotopic (exact) mass is 681 g/mol. The maximum atomic E-state index is 16.6. The molecule has 1 saturated carbocycles. The first kappa shape index (κ1) is 32.2. The molecular weight excluding hydrogens is 644 g/mol. The van der Waals surface area contributed by atoms with Crippen LogP contribution in [-0.2, 0) is 27.3 Å². The molecular formula is C35H38ClF2N5O3S. The summed E-state index contributed by atoms with van der Waals surface area (Å²) in [5, 5.41) is 5.61. The van der Waals surface area contributed by atoms with E-state index in [2.05, 4.69) is 9.82 Å². The minimum Gasteiger partial charge on any atom is -0.335 e. The van der Waals surface area contributed by atoms with Crippen LogP contribution in [0.2, 0.25) is 5.02 Å². The number of nitrogens with zero attached hydrogens (tertiary/aromatic N) is 3. The Kier molecular flexibility index (Phi) is 8.61. The minimum absolute atomic E-state index is 0.131. The number of fused-ring (bicyclic) bond motifs is 3. The van der Waals surface area contributed by atoms with Crippen molar-refractivity contribution in [2.75, 3.05) is 0 Å². The van der Waals surface area contributed by atoms with Gasteiger partial charge < -0.3 is 10.6 Å². The van der Waals surface area contributed by atoms with Crippen molar-refractivity contribution >= 4 is 38.4 Å². The predicted octanol–water partition coefficient (Wildman–Crippen LogP) is 6.47. The fraction of sp³-hybridized carbons (Fsp3) is 0.429. The van der Waals surface area contributed by atoms with Crippen molar-refractivity contribution in [1.82, 2.24) is 19.4 Å². The molecule has 4 aromatic rings. The van der Waals surface area contributed by atoms with E-state index < -0.39 is 33.5 Å². The quantitative estimate of drug-likeness (QED) is 0.211. The Bertz CT molecular complexity index is 1860. The van der Waals surface area contributed by atoms with Gasteiger partial charge in [0.2, 0.25) is 15.9 Å². The van der Waals surface area contributed by atoms with E-state index in [0.717, 1.165) is 30.5 Å². The first-order valence-corrected chi connectivity index (χ1v) is 18.2. The molecule has 47 heavy (non-hydrogen) atoms. The number of carbonyl (C=O) groups is 1. The Morgan fingerprint density at radius 2 is 1.57 bits per heavy atom. The first-order chi connectivity index (χ1) is 22.5. The number of nitrogens with one attached hydrogen (secondary N) is 1. The molecule has 2 unspecified atom stereocenters. The van der Waals surface area contributed by atoms with E-state index in [4.69, 9.17) is 17.3 Å². The predicted molar refractivity (Wildman–Crippen MR) is 177 cm³/mol. The van der Waals surface area contributed by atoms with Crippen LogP contribution < -0.4 is 10.5 Å². The zero-order valence-corrected chi connectivity index (χ0v) is 27.4. The Labute approximate surface area is 278 Å². The van der Waals surface area contributed by atoms with Crippen molar-refractivity contribution in [1.29, 1.82) is 0 Å². The van der Waals surface area contributed by atoms with Crippen molar-refractivity contribution in [3.63, 3.8) is 0 Å². The number of nitrogens with two attached hydrogens (primary N) is 1. The second-order valence-corrected chi connectivity index (χ2v) is 15.5. The zero-order valence-electron chi connectivity index (χ0n) is 25.9. The highest BCUT2D eigenvalue weighted by Gasteiger charge is 2.53. The normalized spacial score (nSPS) is 22.6. The molecule has 3 aromatic carbocycles. The van der Waals surface area contributed by atoms with Gasteiger partial charge in [0.15, 0.2) is 6.04 Å². The average molecular weight is 682 g/mol. The van der Waals surface area contributed by atoms with Crippen LogP contribution in [0.4, 0.5) is 8.78 Å². The third-order valence-electron chi connectivity index (χ3n) is 10.2. The van der Waals surface area contributed by atoms with Crippen LogP contribution in [0.15, 0.2) is 77.8 Å². The summed E-state index contributed by atoms with van der Waals surface area (Å²) in [6.45, 7) is 0.745. The van der Waals surface area contributed by atoms with Crippen molar-refractivity contribution in [2.45, 2.75) is 92.9 Å². The largest absolute Gasteiger partial charge is 0.335 e. The average Bonchev–Trinajstić information content (AvgIpc) is 3.78. The molecule has 248 valence electrons. The van der Waals surface area contributed by atoms with Gasteiger partial charge in [0.1, 0.15) is 0 Å². The summed E-state index contributed by atoms with van der Waals surface area (Å²) in [4.78, 5) is 15.4. The molecule has 3 heterocycles. The van der Waals surface area contributed by atoms with Gasteiger partial charge in [-0.25, -0.2) is 8.42 Å². The van der Waals surface area contributed by atoms with Crippen LogP contribution in [0.25, 0.3) is 22.0 Å². The molecule has 1 aromatic heterocycles. The van der Waals surface area contributed by atoms with Crippen molar-refractivity contribution in [2.24, 2.45) is 11.7 Å². The lowest BCUT2D eigenvalue weighted by molar-refractivity contribution is -0.149. The molecule has 0 spiro atoms. The van der Waals surface area contributed by atoms with Gasteiger partial charge in [0, 0.05) is 40.6 Å². The highest BCUT2D eigenvalue weighted by molar-refractivity contribution is 7.89. The van der Waals surface area contributed by atoms with E-state index in [1.165, 1.54) is 54.1 Å². The lowest BCUT2D eigenvalue weighted by Crippen LogP contribution is -2.60. The molecule has 1 aliphatic carbocycles. The Morgan fingerprint density at radius 3 is 2.21 bits per heavy atom. The summed E-state index contributed by atoms with van der Waals surface area (Å²) in [6.07, 6.45) is 8.53. The SMILES string of the molecule is NC1CC2CCC(C1)N2C(=O)[C@H](NS(=O)(=O)c1ccc2c(cnn2CC2CCCC2)c1)C(F)(F)c1ccc(-c2ccc(Cl)cc2)cc1. The molecule has 3 N–H and O–H groups in total. The second-order valence-electron chi connectivity index (χ2n) is 13.3. The van der Waals surface area contributed by atoms with Gasteiger partial charge in [-0.15, -0.1) is 0 Å². The van der Waals surface area contributed by atoms with Crippen molar-refractivity contribution < 1.29 is 22.0 Å². The summed E-state index contributed by atoms with van der Waals surface area (Å²) in [6, 6.07) is 13.9. The topological polar surface area (TPSA) is 110 Å². The lowest BCUT2D eigenvalue weighted by atomic mass is 9.94. The van der Waals surface area contributed by atoms with Gasteiger partial charge in [-0.3, -0.25) is 9.48 Å². The van der Waals surface area contributed by atoms with Gasteiger partial charge >= 0.3 is 0 Å². The number of alkyl halides is 2. The van der Waals surface area contributed by atoms with E-state index in [1.807, 2.05) is 4.68 Å². The third kappa shape index (κ3) is 6.30. The molecule has 12 heteroatoms. The standard InChI is InChI=1S/C35H38ClF2N5O3S/c36-27-11-7-24(8-12-27)23-5-9-26(10-6-23)35(37,38)33(34(44)43-29-13-14-30(43)19-28(39)18-29)41-47(45,46)31-15-16-32-25(17-31)20-40-42(32)21-22-3-1-2-4-22/h5-12,15-17,20,22,28-30,33,41H,1-4,13-14,18-19,21,39H2/t28?,29?,30?,33-/m0/s1. The number of halogens is 3. The molecule has 2 aliphatic heterocycles. The number of hydrogen-bond acceptors (Lipinski definition) is 5. The number of hydrogen-bond donors (Lipinski definition) is 2. The number of aromatic nitrogens is 2. The van der Waals surface area contributed by atoms with Gasteiger partial charge in [-0.05, 0) is 85.9 Å². The highest BCUT2D eigenvalue weighted by Crippen LogP contribution is 2.40. The molecule has 7 rings (SSSR count). The molecule has 3 aliphatic rings. The maximum Gasteiger partial charge on any atom is 0.298 e. The van der Waals surface area contributed by atoms with E-state index in [9.17, 15) is 13.2 Å². The minimum atomic E-state index is -4.57. The van der Waals surface area contributed by atoms with E-state index in [0.29, 0.717) is 47.6 Å². The van der Waals surface area contributed by atoms with E-state index in [-0.39, 0.29) is 23.0 Å². The van der Waals surface area contributed by atoms with Crippen LogP contribution in [-0.4, -0.2) is 53.2 Å². The Balaban J connectivity index is 1.21. The van der Waals surface area contributed by atoms with E-state index in [1.54, 1.807) is 36.5 Å². The fourth-order valence-electron chi connectivity index (χ4n) is 7.74. The zero-order chi connectivity index (χ0) is 32.9. The Morgan fingerprint density at radius 1 is 0.957 bits per heavy atom. The number of carbonyl (C=O) groups excluding carboxylic acids is 1. The molecule has 1 amide bonds. The van der Waals surface area contributed by atoms with Gasteiger partial charge in [0.25, 0.3) is 5.92 Å². The van der Waals surface area contributed by atoms with Crippen LogP contribution in [0.1, 0.15) is 56.9 Å². The number of rotatable bonds is 9. The summed E-state index contributed by atoms with van der Waals surface area (Å²) in [7, 11) is -4.57. The molecule has 8 nitrogen and oxygen atoms in total. The van der Waals surface area contributed by atoms with Gasteiger partial charge in [-0.2, -0.15) is 18.6 Å². The van der Waals surface area contributed by atoms with Crippen molar-refractivity contribution in [3.8, 4) is 11.1 Å². The highest BCUT2D eigenvalue weighted by atomic mass is 35.5. The van der Waals surface area contributed by atoms with Gasteiger partial charge in [-0.1, -0.05) is 60.8 Å². The van der Waals surface area contributed by atoms with Gasteiger partial charge in [0.05, 0.1) is 16.6 Å². The first-order valence-electron chi connectivity index (χ1n) is 16.3. The Hall–Kier alpha value is -3.38. The lowest BCUT2D eigenvalue weighted by Gasteiger charge is -2.41. The summed E-state index contributed by atoms with van der Waals surface area (Å²) in [5.41, 5.74) is 7.96. The number of piperidine rings is 1. The molecule has 0 radical (unpaired) electrons. The summed E-state index contributed by atoms with van der Waals surface area (Å²) in [5.74, 6) is -4.29. The molecule has 3 fully saturated rings. The third-order valence-corrected chi connectivity index (χ3v) is 11.9. The number of sulfonamides is 1. The summed E-state index contributed by atoms with van der Waals surface area (Å²) < 4.78 is 65.0. The molecule has 3 atom stereocenters. The number of benzene rings is 3. The van der Waals surface area contributed by atoms with E-state index >= 15 is 8.78 Å². The van der Waals surface area contributed by atoms with Crippen molar-refractivity contribution in [3.05, 3.63) is 83.5 Å². The van der Waals surface area contributed by atoms with Crippen LogP contribution in [0, 0.1) is 5.92 Å². The fourth-order valence-corrected chi connectivity index (χ4v) is 9.09. The van der Waals surface area contributed by atoms with Crippen LogP contribution in [0.3, 0.4) is 0 Å². The number of amides is 1. The smallest absolute Gasteiger partial charge is 0.298 e. The molecule has 2 saturated heterocycles. The van der Waals surface area contributed by atoms with Crippen LogP contribution >= 0.6 is 11.6 Å².